The van der Waals surface area contributed by atoms with Crippen LogP contribution in [0.4, 0.5) is 0 Å². The van der Waals surface area contributed by atoms with Crippen LogP contribution in [-0.4, -0.2) is 12.2 Å². The molecule has 2 bridgehead atoms. The summed E-state index contributed by atoms with van der Waals surface area (Å²) in [4.78, 5) is 0. The predicted molar refractivity (Wildman–Crippen MR) is 36.0 cm³/mol. The third-order valence-corrected chi connectivity index (χ3v) is 2.20. The third kappa shape index (κ3) is 0.691. The van der Waals surface area contributed by atoms with Crippen LogP contribution in [0.15, 0.2) is 12.2 Å². The molecule has 3 nitrogen and oxygen atoms in total. The average Bonchev–Trinajstić information content (AvgIpc) is 2.60. The molecule has 3 heteroatoms. The summed E-state index contributed by atoms with van der Waals surface area (Å²) < 4.78 is 5.32. The van der Waals surface area contributed by atoms with Gasteiger partial charge in [-0.15, -0.1) is 0 Å². The fourth-order valence-corrected chi connectivity index (χ4v) is 1.62. The van der Waals surface area contributed by atoms with E-state index < -0.39 is 0 Å². The topological polar surface area (TPSA) is 56.8 Å². The minimum atomic E-state index is -0.255. The van der Waals surface area contributed by atoms with E-state index in [2.05, 4.69) is 12.1 Å². The zero-order chi connectivity index (χ0) is 7.84. The summed E-state index contributed by atoms with van der Waals surface area (Å²) in [6.07, 6.45) is 3.47. The molecule has 0 radical (unpaired) electrons. The SMILES string of the molecule is N#CC1C2C=CC(O2)C1C#N. The first kappa shape index (κ1) is 6.39. The zero-order valence-corrected chi connectivity index (χ0v) is 5.77. The summed E-state index contributed by atoms with van der Waals surface area (Å²) in [6.45, 7) is 0. The normalized spacial score (nSPS) is 45.3. The van der Waals surface area contributed by atoms with Gasteiger partial charge in [0.05, 0.1) is 36.2 Å². The average molecular weight is 146 g/mol. The first-order valence-electron chi connectivity index (χ1n) is 3.50. The van der Waals surface area contributed by atoms with Gasteiger partial charge in [0.1, 0.15) is 0 Å². The van der Waals surface area contributed by atoms with Crippen molar-refractivity contribution in [1.82, 2.24) is 0 Å². The second kappa shape index (κ2) is 2.08. The number of hydrogen-bond donors (Lipinski definition) is 0. The van der Waals surface area contributed by atoms with Crippen molar-refractivity contribution in [2.45, 2.75) is 12.2 Å². The van der Waals surface area contributed by atoms with Crippen molar-refractivity contribution in [3.8, 4) is 12.1 Å². The molecule has 4 unspecified atom stereocenters. The molecule has 0 aliphatic carbocycles. The van der Waals surface area contributed by atoms with E-state index in [-0.39, 0.29) is 24.0 Å². The van der Waals surface area contributed by atoms with E-state index >= 15 is 0 Å². The number of nitriles is 2. The molecular formula is C8H6N2O. The fraction of sp³-hybridized carbons (Fsp3) is 0.500. The summed E-state index contributed by atoms with van der Waals surface area (Å²) >= 11 is 0. The highest BCUT2D eigenvalue weighted by Crippen LogP contribution is 2.37. The number of fused-ring (bicyclic) bond motifs is 2. The molecule has 1 saturated heterocycles. The number of rotatable bonds is 0. The highest BCUT2D eigenvalue weighted by Gasteiger charge is 2.46. The summed E-state index contributed by atoms with van der Waals surface area (Å²) in [6, 6.07) is 4.20. The molecule has 2 aliphatic rings. The molecule has 0 spiro atoms. The van der Waals surface area contributed by atoms with Crippen molar-refractivity contribution in [2.75, 3.05) is 0 Å². The molecule has 0 aromatic rings. The Morgan fingerprint density at radius 2 is 1.45 bits per heavy atom. The summed E-state index contributed by atoms with van der Waals surface area (Å²) in [7, 11) is 0. The van der Waals surface area contributed by atoms with Gasteiger partial charge in [-0.3, -0.25) is 0 Å². The van der Waals surface area contributed by atoms with Gasteiger partial charge in [-0.1, -0.05) is 12.2 Å². The summed E-state index contributed by atoms with van der Waals surface area (Å²) in [5.41, 5.74) is 0. The lowest BCUT2D eigenvalue weighted by Gasteiger charge is -2.10. The Morgan fingerprint density at radius 1 is 1.00 bits per heavy atom. The highest BCUT2D eigenvalue weighted by atomic mass is 16.5. The first-order chi connectivity index (χ1) is 5.36. The molecule has 11 heavy (non-hydrogen) atoms. The van der Waals surface area contributed by atoms with E-state index in [9.17, 15) is 0 Å². The largest absolute Gasteiger partial charge is 0.364 e. The van der Waals surface area contributed by atoms with Crippen LogP contribution in [0.2, 0.25) is 0 Å². The molecular weight excluding hydrogens is 140 g/mol. The van der Waals surface area contributed by atoms with Crippen molar-refractivity contribution >= 4 is 0 Å². The molecule has 54 valence electrons. The Hall–Kier alpha value is -1.32. The van der Waals surface area contributed by atoms with Gasteiger partial charge in [-0.25, -0.2) is 0 Å². The maximum atomic E-state index is 8.67. The number of nitrogens with zero attached hydrogens (tertiary/aromatic N) is 2. The Bertz CT molecular complexity index is 255. The summed E-state index contributed by atoms with van der Waals surface area (Å²) in [5.74, 6) is -0.509. The molecule has 1 fully saturated rings. The van der Waals surface area contributed by atoms with Gasteiger partial charge in [0, 0.05) is 0 Å². The van der Waals surface area contributed by atoms with E-state index in [4.69, 9.17) is 15.3 Å². The Kier molecular flexibility index (Phi) is 1.21. The quantitative estimate of drug-likeness (QED) is 0.470. The molecule has 0 saturated carbocycles. The molecule has 2 rings (SSSR count). The zero-order valence-electron chi connectivity index (χ0n) is 5.77. The minimum Gasteiger partial charge on any atom is -0.364 e. The lowest BCUT2D eigenvalue weighted by atomic mass is 9.85. The Labute approximate surface area is 64.5 Å². The van der Waals surface area contributed by atoms with Crippen molar-refractivity contribution in [3.05, 3.63) is 12.2 Å². The first-order valence-corrected chi connectivity index (χ1v) is 3.50. The van der Waals surface area contributed by atoms with Gasteiger partial charge < -0.3 is 4.74 Å². The minimum absolute atomic E-state index is 0.130. The molecule has 0 aromatic heterocycles. The van der Waals surface area contributed by atoms with Gasteiger partial charge in [-0.2, -0.15) is 10.5 Å². The summed E-state index contributed by atoms with van der Waals surface area (Å²) in [5, 5.41) is 17.3. The van der Waals surface area contributed by atoms with E-state index in [1.54, 1.807) is 0 Å². The van der Waals surface area contributed by atoms with E-state index in [0.29, 0.717) is 0 Å². The second-order valence-corrected chi connectivity index (χ2v) is 2.76. The van der Waals surface area contributed by atoms with Gasteiger partial charge in [-0.05, 0) is 0 Å². The third-order valence-electron chi connectivity index (χ3n) is 2.20. The van der Waals surface area contributed by atoms with E-state index in [1.807, 2.05) is 12.2 Å². The molecule has 0 amide bonds. The van der Waals surface area contributed by atoms with E-state index in [1.165, 1.54) is 0 Å². The molecule has 2 heterocycles. The van der Waals surface area contributed by atoms with E-state index in [0.717, 1.165) is 0 Å². The van der Waals surface area contributed by atoms with Gasteiger partial charge >= 0.3 is 0 Å². The van der Waals surface area contributed by atoms with Crippen molar-refractivity contribution in [1.29, 1.82) is 10.5 Å². The molecule has 2 aliphatic heterocycles. The lowest BCUT2D eigenvalue weighted by Crippen LogP contribution is -2.20. The monoisotopic (exact) mass is 146 g/mol. The smallest absolute Gasteiger partial charge is 0.0948 e. The van der Waals surface area contributed by atoms with Crippen molar-refractivity contribution < 1.29 is 4.74 Å². The molecule has 0 N–H and O–H groups in total. The standard InChI is InChI=1S/C8H6N2O/c9-3-5-6(4-10)8-2-1-7(5)11-8/h1-2,5-8H. The fourth-order valence-electron chi connectivity index (χ4n) is 1.62. The maximum Gasteiger partial charge on any atom is 0.0948 e. The highest BCUT2D eigenvalue weighted by molar-refractivity contribution is 5.23. The van der Waals surface area contributed by atoms with Crippen molar-refractivity contribution in [2.24, 2.45) is 11.8 Å². The number of hydrogen-bond acceptors (Lipinski definition) is 3. The van der Waals surface area contributed by atoms with Crippen molar-refractivity contribution in [3.63, 3.8) is 0 Å². The van der Waals surface area contributed by atoms with Gasteiger partial charge in [0.25, 0.3) is 0 Å². The van der Waals surface area contributed by atoms with Crippen LogP contribution in [0.3, 0.4) is 0 Å². The Balaban J connectivity index is 2.32. The van der Waals surface area contributed by atoms with Gasteiger partial charge in [0.15, 0.2) is 0 Å². The van der Waals surface area contributed by atoms with Crippen LogP contribution in [0.5, 0.6) is 0 Å². The van der Waals surface area contributed by atoms with Crippen LogP contribution >= 0.6 is 0 Å². The second-order valence-electron chi connectivity index (χ2n) is 2.76. The lowest BCUT2D eigenvalue weighted by molar-refractivity contribution is 0.110. The maximum absolute atomic E-state index is 8.67. The van der Waals surface area contributed by atoms with Crippen LogP contribution in [0, 0.1) is 34.5 Å². The van der Waals surface area contributed by atoms with Crippen LogP contribution < -0.4 is 0 Å². The van der Waals surface area contributed by atoms with Crippen LogP contribution in [0.25, 0.3) is 0 Å². The van der Waals surface area contributed by atoms with Gasteiger partial charge in [0.2, 0.25) is 0 Å². The van der Waals surface area contributed by atoms with Crippen LogP contribution in [-0.2, 0) is 4.74 Å². The predicted octanol–water partition coefficient (Wildman–Crippen LogP) is 0.603. The Morgan fingerprint density at radius 3 is 1.82 bits per heavy atom. The number of ether oxygens (including phenoxy) is 1. The molecule has 4 atom stereocenters. The molecule has 0 aromatic carbocycles. The van der Waals surface area contributed by atoms with Crippen LogP contribution in [0.1, 0.15) is 0 Å².